The molecule has 0 fully saturated rings. The van der Waals surface area contributed by atoms with Crippen LogP contribution < -0.4 is 0 Å². The van der Waals surface area contributed by atoms with Gasteiger partial charge in [0, 0.05) is 12.4 Å². The van der Waals surface area contributed by atoms with Gasteiger partial charge in [0.05, 0.1) is 37.8 Å². The number of aromatic nitrogens is 2. The summed E-state index contributed by atoms with van der Waals surface area (Å²) in [6.07, 6.45) is 4.14. The molecule has 118 valence electrons. The van der Waals surface area contributed by atoms with E-state index in [0.29, 0.717) is 19.8 Å². The lowest BCUT2D eigenvalue weighted by Crippen LogP contribution is -2.00. The third kappa shape index (κ3) is 8.91. The summed E-state index contributed by atoms with van der Waals surface area (Å²) in [6.45, 7) is 1.45. The minimum atomic E-state index is 0.0623. The maximum Gasteiger partial charge on any atom is 0.145 e. The fraction of sp³-hybridized carbons (Fsp3) is 0.312. The van der Waals surface area contributed by atoms with E-state index in [4.69, 9.17) is 14.6 Å². The molecular formula is C16H20N2O4. The van der Waals surface area contributed by atoms with Crippen LogP contribution in [0.15, 0.2) is 48.8 Å². The van der Waals surface area contributed by atoms with Crippen LogP contribution in [0.1, 0.15) is 11.4 Å². The van der Waals surface area contributed by atoms with Gasteiger partial charge in [-0.15, -0.1) is 0 Å². The smallest absolute Gasteiger partial charge is 0.145 e. The highest BCUT2D eigenvalue weighted by Gasteiger charge is 1.91. The van der Waals surface area contributed by atoms with E-state index in [0.717, 1.165) is 17.7 Å². The lowest BCUT2D eigenvalue weighted by molar-refractivity contribution is -0.112. The van der Waals surface area contributed by atoms with Gasteiger partial charge in [0.25, 0.3) is 0 Å². The number of ether oxygens (including phenoxy) is 2. The van der Waals surface area contributed by atoms with Gasteiger partial charge in [0.15, 0.2) is 0 Å². The lowest BCUT2D eigenvalue weighted by atomic mass is 10.4. The SMILES string of the molecule is O=CCOCc1ccccn1.OCCOCc1ccccn1. The predicted molar refractivity (Wildman–Crippen MR) is 80.9 cm³/mol. The highest BCUT2D eigenvalue weighted by molar-refractivity contribution is 5.50. The highest BCUT2D eigenvalue weighted by atomic mass is 16.5. The minimum Gasteiger partial charge on any atom is -0.394 e. The van der Waals surface area contributed by atoms with Crippen LogP contribution in [0.4, 0.5) is 0 Å². The van der Waals surface area contributed by atoms with Crippen LogP contribution in [0.3, 0.4) is 0 Å². The van der Waals surface area contributed by atoms with E-state index in [9.17, 15) is 4.79 Å². The van der Waals surface area contributed by atoms with Crippen molar-refractivity contribution in [1.29, 1.82) is 0 Å². The standard InChI is InChI=1S/C8H11NO2.C8H9NO2/c2*10-5-6-11-7-8-3-1-2-4-9-8/h1-4,10H,5-7H2;1-5H,6-7H2. The molecule has 0 bridgehead atoms. The van der Waals surface area contributed by atoms with Crippen molar-refractivity contribution in [2.45, 2.75) is 13.2 Å². The highest BCUT2D eigenvalue weighted by Crippen LogP contribution is 1.95. The Balaban J connectivity index is 0.000000220. The molecule has 2 rings (SSSR count). The van der Waals surface area contributed by atoms with Gasteiger partial charge in [-0.2, -0.15) is 0 Å². The Kier molecular flexibility index (Phi) is 10.2. The number of hydrogen-bond donors (Lipinski definition) is 1. The summed E-state index contributed by atoms with van der Waals surface area (Å²) >= 11 is 0. The molecule has 1 N–H and O–H groups in total. The summed E-state index contributed by atoms with van der Waals surface area (Å²) in [5.74, 6) is 0. The van der Waals surface area contributed by atoms with Crippen LogP contribution in [0.2, 0.25) is 0 Å². The molecule has 0 saturated carbocycles. The summed E-state index contributed by atoms with van der Waals surface area (Å²) in [7, 11) is 0. The van der Waals surface area contributed by atoms with Crippen LogP contribution in [0, 0.1) is 0 Å². The second kappa shape index (κ2) is 12.6. The molecular weight excluding hydrogens is 284 g/mol. The lowest BCUT2D eigenvalue weighted by Gasteiger charge is -1.99. The zero-order chi connectivity index (χ0) is 15.9. The molecule has 6 heteroatoms. The van der Waals surface area contributed by atoms with Gasteiger partial charge in [0.2, 0.25) is 0 Å². The summed E-state index contributed by atoms with van der Waals surface area (Å²) in [5.41, 5.74) is 1.73. The van der Waals surface area contributed by atoms with Crippen molar-refractivity contribution in [3.8, 4) is 0 Å². The average Bonchev–Trinajstić information content (AvgIpc) is 2.58. The van der Waals surface area contributed by atoms with Crippen LogP contribution in [0.5, 0.6) is 0 Å². The van der Waals surface area contributed by atoms with E-state index in [-0.39, 0.29) is 13.2 Å². The van der Waals surface area contributed by atoms with E-state index in [1.807, 2.05) is 36.4 Å². The fourth-order valence-corrected chi connectivity index (χ4v) is 1.42. The third-order valence-electron chi connectivity index (χ3n) is 2.37. The van der Waals surface area contributed by atoms with Gasteiger partial charge >= 0.3 is 0 Å². The number of pyridine rings is 2. The largest absolute Gasteiger partial charge is 0.394 e. The molecule has 0 aliphatic rings. The van der Waals surface area contributed by atoms with Crippen LogP contribution >= 0.6 is 0 Å². The molecule has 2 aromatic heterocycles. The number of aldehydes is 1. The van der Waals surface area contributed by atoms with E-state index in [2.05, 4.69) is 9.97 Å². The van der Waals surface area contributed by atoms with Crippen LogP contribution in [-0.2, 0) is 27.5 Å². The number of carbonyl (C=O) groups excluding carboxylic acids is 1. The van der Waals surface area contributed by atoms with Gasteiger partial charge in [0.1, 0.15) is 12.9 Å². The normalized spacial score (nSPS) is 9.68. The van der Waals surface area contributed by atoms with Gasteiger partial charge in [-0.3, -0.25) is 9.97 Å². The molecule has 0 aliphatic heterocycles. The number of aliphatic hydroxyl groups excluding tert-OH is 1. The Morgan fingerprint density at radius 3 is 2.00 bits per heavy atom. The molecule has 0 atom stereocenters. The molecule has 2 aromatic rings. The molecule has 2 heterocycles. The second-order valence-corrected chi connectivity index (χ2v) is 4.10. The summed E-state index contributed by atoms with van der Waals surface area (Å²) in [5, 5.41) is 8.40. The Morgan fingerprint density at radius 2 is 1.55 bits per heavy atom. The van der Waals surface area contributed by atoms with E-state index >= 15 is 0 Å². The van der Waals surface area contributed by atoms with E-state index in [1.165, 1.54) is 0 Å². The molecule has 0 aliphatic carbocycles. The van der Waals surface area contributed by atoms with Crippen molar-refractivity contribution in [3.05, 3.63) is 60.2 Å². The van der Waals surface area contributed by atoms with Crippen molar-refractivity contribution in [2.24, 2.45) is 0 Å². The first-order chi connectivity index (χ1) is 10.9. The molecule has 0 spiro atoms. The van der Waals surface area contributed by atoms with Crippen molar-refractivity contribution in [1.82, 2.24) is 9.97 Å². The summed E-state index contributed by atoms with van der Waals surface area (Å²) < 4.78 is 9.99. The predicted octanol–water partition coefficient (Wildman–Crippen LogP) is 1.39. The van der Waals surface area contributed by atoms with E-state index in [1.54, 1.807) is 12.4 Å². The first-order valence-corrected chi connectivity index (χ1v) is 6.86. The Morgan fingerprint density at radius 1 is 0.955 bits per heavy atom. The number of hydrogen-bond acceptors (Lipinski definition) is 6. The van der Waals surface area contributed by atoms with Gasteiger partial charge in [-0.1, -0.05) is 12.1 Å². The van der Waals surface area contributed by atoms with Crippen LogP contribution in [0.25, 0.3) is 0 Å². The monoisotopic (exact) mass is 304 g/mol. The Hall–Kier alpha value is -2.15. The Bertz CT molecular complexity index is 494. The molecule has 0 aromatic carbocycles. The second-order valence-electron chi connectivity index (χ2n) is 4.10. The van der Waals surface area contributed by atoms with Crippen molar-refractivity contribution < 1.29 is 19.4 Å². The van der Waals surface area contributed by atoms with Crippen molar-refractivity contribution in [2.75, 3.05) is 19.8 Å². The number of rotatable bonds is 8. The van der Waals surface area contributed by atoms with Crippen LogP contribution in [-0.4, -0.2) is 41.2 Å². The molecule has 0 amide bonds. The minimum absolute atomic E-state index is 0.0623. The van der Waals surface area contributed by atoms with Crippen molar-refractivity contribution in [3.63, 3.8) is 0 Å². The average molecular weight is 304 g/mol. The van der Waals surface area contributed by atoms with Gasteiger partial charge in [-0.25, -0.2) is 0 Å². The van der Waals surface area contributed by atoms with Gasteiger partial charge in [-0.05, 0) is 24.3 Å². The first kappa shape index (κ1) is 17.9. The molecule has 0 radical (unpaired) electrons. The topological polar surface area (TPSA) is 81.5 Å². The quantitative estimate of drug-likeness (QED) is 0.586. The Labute approximate surface area is 129 Å². The number of carbonyl (C=O) groups is 1. The molecule has 22 heavy (non-hydrogen) atoms. The van der Waals surface area contributed by atoms with Gasteiger partial charge < -0.3 is 19.4 Å². The van der Waals surface area contributed by atoms with E-state index < -0.39 is 0 Å². The zero-order valence-electron chi connectivity index (χ0n) is 12.3. The molecule has 6 nitrogen and oxygen atoms in total. The number of aliphatic hydroxyl groups is 1. The van der Waals surface area contributed by atoms with Crippen molar-refractivity contribution >= 4 is 6.29 Å². The summed E-state index contributed by atoms with van der Waals surface area (Å²) in [6, 6.07) is 11.2. The first-order valence-electron chi connectivity index (χ1n) is 6.86. The number of nitrogens with zero attached hydrogens (tertiary/aromatic N) is 2. The molecule has 0 saturated heterocycles. The maximum atomic E-state index is 9.85. The molecule has 0 unspecified atom stereocenters. The summed E-state index contributed by atoms with van der Waals surface area (Å²) in [4.78, 5) is 17.9. The maximum absolute atomic E-state index is 9.85. The fourth-order valence-electron chi connectivity index (χ4n) is 1.42. The third-order valence-corrected chi connectivity index (χ3v) is 2.37. The zero-order valence-corrected chi connectivity index (χ0v) is 12.3.